The Hall–Kier alpha value is -1.68. The first-order valence-corrected chi connectivity index (χ1v) is 5.78. The van der Waals surface area contributed by atoms with Crippen LogP contribution in [0, 0.1) is 11.6 Å². The number of rotatable bonds is 3. The van der Waals surface area contributed by atoms with Crippen molar-refractivity contribution in [1.82, 2.24) is 9.97 Å². The Balaban J connectivity index is 2.34. The number of H-pyrrole nitrogens is 1. The smallest absolute Gasteiger partial charge is 0.129 e. The van der Waals surface area contributed by atoms with E-state index in [9.17, 15) is 0 Å². The molecule has 1 aromatic heterocycles. The summed E-state index contributed by atoms with van der Waals surface area (Å²) in [5.41, 5.74) is 2.12. The van der Waals surface area contributed by atoms with Crippen LogP contribution in [0.5, 0.6) is 5.75 Å². The van der Waals surface area contributed by atoms with E-state index in [2.05, 4.69) is 9.97 Å². The molecule has 0 atom stereocenters. The van der Waals surface area contributed by atoms with Crippen molar-refractivity contribution in [1.29, 1.82) is 0 Å². The third kappa shape index (κ3) is 2.91. The van der Waals surface area contributed by atoms with Gasteiger partial charge in [-0.25, -0.2) is 4.98 Å². The number of aromatic nitrogens is 2. The zero-order valence-electron chi connectivity index (χ0n) is 9.86. The van der Waals surface area contributed by atoms with Crippen LogP contribution >= 0.6 is 12.2 Å². The quantitative estimate of drug-likeness (QED) is 0.846. The third-order valence-corrected chi connectivity index (χ3v) is 2.69. The maximum absolute atomic E-state index is 5.31. The minimum atomic E-state index is 0.617. The fourth-order valence-corrected chi connectivity index (χ4v) is 2.04. The van der Waals surface area contributed by atoms with Crippen LogP contribution in [0.1, 0.15) is 17.1 Å². The van der Waals surface area contributed by atoms with E-state index in [1.807, 2.05) is 37.3 Å². The lowest BCUT2D eigenvalue weighted by Crippen LogP contribution is -2.00. The molecule has 0 radical (unpaired) electrons. The molecular weight excluding hydrogens is 232 g/mol. The molecular formula is C13H14N2OS. The summed E-state index contributed by atoms with van der Waals surface area (Å²) in [5.74, 6) is 1.73. The number of aryl methyl sites for hydroxylation is 1. The Labute approximate surface area is 105 Å². The minimum absolute atomic E-state index is 0.617. The summed E-state index contributed by atoms with van der Waals surface area (Å²) in [5, 5.41) is 0. The van der Waals surface area contributed by atoms with Crippen LogP contribution in [0.15, 0.2) is 30.3 Å². The molecule has 0 aliphatic carbocycles. The standard InChI is InChI=1S/C13H14N2OS/c1-9-7-13(17)15-12(14-9)8-10-5-3-4-6-11(10)16-2/h3-7H,8H2,1-2H3,(H,14,15,17). The summed E-state index contributed by atoms with van der Waals surface area (Å²) in [6.07, 6.45) is 0.690. The van der Waals surface area contributed by atoms with Gasteiger partial charge in [-0.2, -0.15) is 0 Å². The second-order valence-corrected chi connectivity index (χ2v) is 4.26. The monoisotopic (exact) mass is 246 g/mol. The van der Waals surface area contributed by atoms with Gasteiger partial charge in [0.25, 0.3) is 0 Å². The van der Waals surface area contributed by atoms with Crippen molar-refractivity contribution in [3.05, 3.63) is 52.1 Å². The van der Waals surface area contributed by atoms with E-state index in [0.29, 0.717) is 11.1 Å². The lowest BCUT2D eigenvalue weighted by Gasteiger charge is -2.08. The van der Waals surface area contributed by atoms with E-state index >= 15 is 0 Å². The highest BCUT2D eigenvalue weighted by Gasteiger charge is 2.04. The molecule has 4 heteroatoms. The van der Waals surface area contributed by atoms with E-state index in [4.69, 9.17) is 17.0 Å². The van der Waals surface area contributed by atoms with Gasteiger partial charge in [0.2, 0.25) is 0 Å². The molecule has 1 heterocycles. The molecule has 0 unspecified atom stereocenters. The minimum Gasteiger partial charge on any atom is -0.496 e. The van der Waals surface area contributed by atoms with Crippen LogP contribution in [-0.2, 0) is 6.42 Å². The van der Waals surface area contributed by atoms with Crippen LogP contribution in [0.4, 0.5) is 0 Å². The lowest BCUT2D eigenvalue weighted by atomic mass is 10.1. The molecule has 2 aromatic rings. The first-order valence-electron chi connectivity index (χ1n) is 5.38. The van der Waals surface area contributed by atoms with E-state index in [1.165, 1.54) is 0 Å². The predicted molar refractivity (Wildman–Crippen MR) is 70.0 cm³/mol. The number of benzene rings is 1. The van der Waals surface area contributed by atoms with Crippen molar-refractivity contribution in [3.8, 4) is 5.75 Å². The van der Waals surface area contributed by atoms with Gasteiger partial charge >= 0.3 is 0 Å². The van der Waals surface area contributed by atoms with Gasteiger partial charge in [0.15, 0.2) is 0 Å². The normalized spacial score (nSPS) is 10.2. The van der Waals surface area contributed by atoms with Crippen LogP contribution in [0.3, 0.4) is 0 Å². The maximum Gasteiger partial charge on any atom is 0.129 e. The van der Waals surface area contributed by atoms with Crippen molar-refractivity contribution in [2.24, 2.45) is 0 Å². The van der Waals surface area contributed by atoms with E-state index in [-0.39, 0.29) is 0 Å². The number of hydrogen-bond acceptors (Lipinski definition) is 3. The summed E-state index contributed by atoms with van der Waals surface area (Å²) < 4.78 is 5.93. The SMILES string of the molecule is COc1ccccc1Cc1nc(=S)cc(C)[nH]1. The van der Waals surface area contributed by atoms with Crippen molar-refractivity contribution in [2.45, 2.75) is 13.3 Å². The van der Waals surface area contributed by atoms with Gasteiger partial charge in [0.05, 0.1) is 7.11 Å². The molecule has 0 fully saturated rings. The van der Waals surface area contributed by atoms with Crippen molar-refractivity contribution in [2.75, 3.05) is 7.11 Å². The summed E-state index contributed by atoms with van der Waals surface area (Å²) in [6, 6.07) is 9.76. The first kappa shape index (κ1) is 11.8. The average Bonchev–Trinajstić information content (AvgIpc) is 2.28. The fraction of sp³-hybridized carbons (Fsp3) is 0.231. The lowest BCUT2D eigenvalue weighted by molar-refractivity contribution is 0.410. The number of nitrogens with one attached hydrogen (secondary N) is 1. The molecule has 0 saturated heterocycles. The molecule has 0 aliphatic rings. The van der Waals surface area contributed by atoms with Gasteiger partial charge in [0.1, 0.15) is 16.2 Å². The molecule has 88 valence electrons. The second kappa shape index (κ2) is 5.10. The largest absolute Gasteiger partial charge is 0.496 e. The molecule has 0 aliphatic heterocycles. The molecule has 3 nitrogen and oxygen atoms in total. The van der Waals surface area contributed by atoms with Crippen molar-refractivity contribution >= 4 is 12.2 Å². The summed E-state index contributed by atoms with van der Waals surface area (Å²) >= 11 is 5.10. The van der Waals surface area contributed by atoms with Crippen molar-refractivity contribution in [3.63, 3.8) is 0 Å². The van der Waals surface area contributed by atoms with E-state index < -0.39 is 0 Å². The van der Waals surface area contributed by atoms with Crippen LogP contribution < -0.4 is 4.74 Å². The maximum atomic E-state index is 5.31. The number of para-hydroxylation sites is 1. The van der Waals surface area contributed by atoms with Crippen LogP contribution in [-0.4, -0.2) is 17.1 Å². The zero-order valence-corrected chi connectivity index (χ0v) is 10.7. The molecule has 1 N–H and O–H groups in total. The predicted octanol–water partition coefficient (Wildman–Crippen LogP) is 3.05. The van der Waals surface area contributed by atoms with Gasteiger partial charge < -0.3 is 9.72 Å². The Morgan fingerprint density at radius 2 is 2.12 bits per heavy atom. The van der Waals surface area contributed by atoms with Gasteiger partial charge in [0, 0.05) is 17.7 Å². The number of ether oxygens (including phenoxy) is 1. The van der Waals surface area contributed by atoms with E-state index in [1.54, 1.807) is 7.11 Å². The van der Waals surface area contributed by atoms with Crippen LogP contribution in [0.2, 0.25) is 0 Å². The van der Waals surface area contributed by atoms with Gasteiger partial charge in [-0.1, -0.05) is 30.4 Å². The van der Waals surface area contributed by atoms with E-state index in [0.717, 1.165) is 22.8 Å². The number of methoxy groups -OCH3 is 1. The Morgan fingerprint density at radius 3 is 2.82 bits per heavy atom. The molecule has 0 spiro atoms. The first-order chi connectivity index (χ1) is 8.19. The van der Waals surface area contributed by atoms with Gasteiger partial charge in [-0.15, -0.1) is 0 Å². The zero-order chi connectivity index (χ0) is 12.3. The Kier molecular flexibility index (Phi) is 3.54. The fourth-order valence-electron chi connectivity index (χ4n) is 1.76. The highest BCUT2D eigenvalue weighted by molar-refractivity contribution is 7.71. The Morgan fingerprint density at radius 1 is 1.35 bits per heavy atom. The van der Waals surface area contributed by atoms with Crippen molar-refractivity contribution < 1.29 is 4.74 Å². The van der Waals surface area contributed by atoms with Gasteiger partial charge in [-0.3, -0.25) is 0 Å². The highest BCUT2D eigenvalue weighted by atomic mass is 32.1. The summed E-state index contributed by atoms with van der Waals surface area (Å²) in [7, 11) is 1.67. The topological polar surface area (TPSA) is 37.9 Å². The molecule has 17 heavy (non-hydrogen) atoms. The number of nitrogens with zero attached hydrogens (tertiary/aromatic N) is 1. The van der Waals surface area contributed by atoms with Gasteiger partial charge in [-0.05, 0) is 19.1 Å². The van der Waals surface area contributed by atoms with Crippen LogP contribution in [0.25, 0.3) is 0 Å². The molecule has 0 amide bonds. The highest BCUT2D eigenvalue weighted by Crippen LogP contribution is 2.19. The molecule has 0 bridgehead atoms. The second-order valence-electron chi connectivity index (χ2n) is 3.84. The average molecular weight is 246 g/mol. The Bertz CT molecular complexity index is 578. The third-order valence-electron chi connectivity index (χ3n) is 2.48. The molecule has 1 aromatic carbocycles. The summed E-state index contributed by atoms with van der Waals surface area (Å²) in [4.78, 5) is 7.52. The molecule has 0 saturated carbocycles. The molecule has 2 rings (SSSR count). The summed E-state index contributed by atoms with van der Waals surface area (Å²) in [6.45, 7) is 1.98. The number of aromatic amines is 1. The number of hydrogen-bond donors (Lipinski definition) is 1.